The molecule has 4 heteroatoms. The molecular formula is C15H17N3O. The fourth-order valence-corrected chi connectivity index (χ4v) is 1.77. The predicted octanol–water partition coefficient (Wildman–Crippen LogP) is 2.61. The molecule has 1 unspecified atom stereocenters. The van der Waals surface area contributed by atoms with Gasteiger partial charge in [0.05, 0.1) is 17.9 Å². The summed E-state index contributed by atoms with van der Waals surface area (Å²) in [4.78, 5) is 16.2. The van der Waals surface area contributed by atoms with Crippen molar-refractivity contribution >= 4 is 11.6 Å². The summed E-state index contributed by atoms with van der Waals surface area (Å²) < 4.78 is 0. The number of pyridine rings is 1. The number of nitrogens with zero attached hydrogens (tertiary/aromatic N) is 1. The Morgan fingerprint density at radius 2 is 1.89 bits per heavy atom. The van der Waals surface area contributed by atoms with Crippen molar-refractivity contribution < 1.29 is 4.79 Å². The number of carbonyl (C=O) groups is 1. The van der Waals surface area contributed by atoms with Gasteiger partial charge < -0.3 is 10.6 Å². The predicted molar refractivity (Wildman–Crippen MR) is 76.1 cm³/mol. The molecule has 0 aliphatic carbocycles. The monoisotopic (exact) mass is 255 g/mol. The maximum atomic E-state index is 12.0. The van der Waals surface area contributed by atoms with Gasteiger partial charge in [-0.15, -0.1) is 0 Å². The molecule has 1 atom stereocenters. The van der Waals surface area contributed by atoms with E-state index >= 15 is 0 Å². The quantitative estimate of drug-likeness (QED) is 0.883. The fraction of sp³-hybridized carbons (Fsp3) is 0.200. The van der Waals surface area contributed by atoms with Crippen molar-refractivity contribution in [2.45, 2.75) is 13.0 Å². The lowest BCUT2D eigenvalue weighted by Gasteiger charge is -2.14. The minimum Gasteiger partial charge on any atom is -0.387 e. The Bertz CT molecular complexity index is 537. The molecule has 19 heavy (non-hydrogen) atoms. The van der Waals surface area contributed by atoms with Crippen LogP contribution in [-0.2, 0) is 0 Å². The second-order valence-corrected chi connectivity index (χ2v) is 4.29. The van der Waals surface area contributed by atoms with E-state index in [1.54, 1.807) is 12.3 Å². The molecule has 0 fully saturated rings. The zero-order valence-electron chi connectivity index (χ0n) is 11.1. The minimum atomic E-state index is -0.168. The lowest BCUT2D eigenvalue weighted by atomic mass is 10.1. The zero-order chi connectivity index (χ0) is 13.7. The second-order valence-electron chi connectivity index (χ2n) is 4.29. The summed E-state index contributed by atoms with van der Waals surface area (Å²) >= 11 is 0. The van der Waals surface area contributed by atoms with Crippen LogP contribution in [0.3, 0.4) is 0 Å². The first kappa shape index (κ1) is 13.1. The van der Waals surface area contributed by atoms with Gasteiger partial charge in [-0.3, -0.25) is 4.79 Å². The van der Waals surface area contributed by atoms with Crippen LogP contribution in [0.15, 0.2) is 48.7 Å². The Morgan fingerprint density at radius 3 is 2.47 bits per heavy atom. The number of anilines is 1. The first-order chi connectivity index (χ1) is 9.20. The smallest absolute Gasteiger partial charge is 0.270 e. The summed E-state index contributed by atoms with van der Waals surface area (Å²) in [6.45, 7) is 1.95. The Balaban J connectivity index is 2.04. The average molecular weight is 255 g/mol. The number of aromatic nitrogens is 1. The molecular weight excluding hydrogens is 238 g/mol. The Labute approximate surface area is 112 Å². The summed E-state index contributed by atoms with van der Waals surface area (Å²) in [5, 5.41) is 5.89. The highest BCUT2D eigenvalue weighted by molar-refractivity contribution is 5.92. The lowest BCUT2D eigenvalue weighted by Crippen LogP contribution is -2.27. The van der Waals surface area contributed by atoms with Gasteiger partial charge in [0.25, 0.3) is 5.91 Å². The second kappa shape index (κ2) is 6.00. The van der Waals surface area contributed by atoms with Crippen molar-refractivity contribution in [3.05, 3.63) is 59.9 Å². The minimum absolute atomic E-state index is 0.0422. The lowest BCUT2D eigenvalue weighted by molar-refractivity contribution is 0.0935. The number of hydrogen-bond donors (Lipinski definition) is 2. The van der Waals surface area contributed by atoms with Gasteiger partial charge in [0.2, 0.25) is 0 Å². The van der Waals surface area contributed by atoms with Crippen molar-refractivity contribution in [2.24, 2.45) is 0 Å². The van der Waals surface area contributed by atoms with Crippen LogP contribution in [0, 0.1) is 0 Å². The highest BCUT2D eigenvalue weighted by Crippen LogP contribution is 2.12. The fourth-order valence-electron chi connectivity index (χ4n) is 1.77. The molecule has 0 bridgehead atoms. The van der Waals surface area contributed by atoms with E-state index in [4.69, 9.17) is 0 Å². The van der Waals surface area contributed by atoms with Crippen LogP contribution in [0.1, 0.15) is 29.0 Å². The van der Waals surface area contributed by atoms with Crippen LogP contribution in [0.2, 0.25) is 0 Å². The number of rotatable bonds is 4. The Hall–Kier alpha value is -2.36. The molecule has 1 amide bonds. The van der Waals surface area contributed by atoms with Crippen LogP contribution >= 0.6 is 0 Å². The Morgan fingerprint density at radius 1 is 1.16 bits per heavy atom. The van der Waals surface area contributed by atoms with Crippen LogP contribution in [0.5, 0.6) is 0 Å². The molecule has 98 valence electrons. The molecule has 2 aromatic rings. The molecule has 0 radical (unpaired) electrons. The highest BCUT2D eigenvalue weighted by atomic mass is 16.1. The van der Waals surface area contributed by atoms with E-state index in [0.29, 0.717) is 5.69 Å². The summed E-state index contributed by atoms with van der Waals surface area (Å²) in [7, 11) is 1.81. The largest absolute Gasteiger partial charge is 0.387 e. The molecule has 0 saturated heterocycles. The SMILES string of the molecule is CNc1ccc(C(=O)NC(C)c2ccccc2)nc1. The van der Waals surface area contributed by atoms with Gasteiger partial charge in [-0.1, -0.05) is 30.3 Å². The standard InChI is InChI=1S/C15H17N3O/c1-11(12-6-4-3-5-7-12)18-15(19)14-9-8-13(16-2)10-17-14/h3-11,16H,1-2H3,(H,18,19). The van der Waals surface area contributed by atoms with Crippen molar-refractivity contribution in [1.82, 2.24) is 10.3 Å². The van der Waals surface area contributed by atoms with Gasteiger partial charge in [0.1, 0.15) is 5.69 Å². The normalized spacial score (nSPS) is 11.7. The molecule has 1 aromatic carbocycles. The van der Waals surface area contributed by atoms with E-state index in [0.717, 1.165) is 11.3 Å². The Kier molecular flexibility index (Phi) is 4.13. The van der Waals surface area contributed by atoms with Crippen LogP contribution in [-0.4, -0.2) is 17.9 Å². The summed E-state index contributed by atoms with van der Waals surface area (Å²) in [6.07, 6.45) is 1.64. The maximum absolute atomic E-state index is 12.0. The molecule has 1 aromatic heterocycles. The van der Waals surface area contributed by atoms with Crippen LogP contribution in [0.4, 0.5) is 5.69 Å². The van der Waals surface area contributed by atoms with E-state index < -0.39 is 0 Å². The van der Waals surface area contributed by atoms with Crippen molar-refractivity contribution in [3.63, 3.8) is 0 Å². The summed E-state index contributed by atoms with van der Waals surface area (Å²) in [5.74, 6) is -0.168. The average Bonchev–Trinajstić information content (AvgIpc) is 2.48. The number of amides is 1. The maximum Gasteiger partial charge on any atom is 0.270 e. The molecule has 0 saturated carbocycles. The summed E-state index contributed by atoms with van der Waals surface area (Å²) in [6, 6.07) is 13.3. The third kappa shape index (κ3) is 3.31. The van der Waals surface area contributed by atoms with Gasteiger partial charge in [-0.25, -0.2) is 4.98 Å². The van der Waals surface area contributed by atoms with E-state index in [2.05, 4.69) is 15.6 Å². The number of nitrogens with one attached hydrogen (secondary N) is 2. The molecule has 2 rings (SSSR count). The first-order valence-corrected chi connectivity index (χ1v) is 6.20. The van der Waals surface area contributed by atoms with Gasteiger partial charge in [0, 0.05) is 7.05 Å². The number of benzene rings is 1. The van der Waals surface area contributed by atoms with Gasteiger partial charge in [-0.05, 0) is 24.6 Å². The van der Waals surface area contributed by atoms with Crippen molar-refractivity contribution in [3.8, 4) is 0 Å². The first-order valence-electron chi connectivity index (χ1n) is 6.20. The third-order valence-electron chi connectivity index (χ3n) is 2.93. The van der Waals surface area contributed by atoms with Crippen molar-refractivity contribution in [1.29, 1.82) is 0 Å². The van der Waals surface area contributed by atoms with E-state index in [1.165, 1.54) is 0 Å². The molecule has 0 spiro atoms. The molecule has 1 heterocycles. The molecule has 0 aliphatic heterocycles. The van der Waals surface area contributed by atoms with Crippen LogP contribution in [0.25, 0.3) is 0 Å². The van der Waals surface area contributed by atoms with Crippen LogP contribution < -0.4 is 10.6 Å². The van der Waals surface area contributed by atoms with Gasteiger partial charge >= 0.3 is 0 Å². The van der Waals surface area contributed by atoms with Gasteiger partial charge in [-0.2, -0.15) is 0 Å². The third-order valence-corrected chi connectivity index (χ3v) is 2.93. The summed E-state index contributed by atoms with van der Waals surface area (Å²) in [5.41, 5.74) is 2.37. The molecule has 4 nitrogen and oxygen atoms in total. The molecule has 2 N–H and O–H groups in total. The van der Waals surface area contributed by atoms with E-state index in [9.17, 15) is 4.79 Å². The van der Waals surface area contributed by atoms with Gasteiger partial charge in [0.15, 0.2) is 0 Å². The van der Waals surface area contributed by atoms with E-state index in [-0.39, 0.29) is 11.9 Å². The highest BCUT2D eigenvalue weighted by Gasteiger charge is 2.11. The number of hydrogen-bond acceptors (Lipinski definition) is 3. The number of carbonyl (C=O) groups excluding carboxylic acids is 1. The van der Waals surface area contributed by atoms with E-state index in [1.807, 2.05) is 50.4 Å². The molecule has 0 aliphatic rings. The van der Waals surface area contributed by atoms with Crippen molar-refractivity contribution in [2.75, 3.05) is 12.4 Å². The zero-order valence-corrected chi connectivity index (χ0v) is 11.1. The topological polar surface area (TPSA) is 54.0 Å².